The zero-order valence-electron chi connectivity index (χ0n) is 17.5. The fourth-order valence-corrected chi connectivity index (χ4v) is 3.78. The summed E-state index contributed by atoms with van der Waals surface area (Å²) in [6, 6.07) is 5.46. The van der Waals surface area contributed by atoms with Crippen molar-refractivity contribution >= 4 is 29.2 Å². The molecule has 3 rings (SSSR count). The lowest BCUT2D eigenvalue weighted by Gasteiger charge is -2.35. The first-order valence-electron chi connectivity index (χ1n) is 10.4. The van der Waals surface area contributed by atoms with Gasteiger partial charge in [-0.05, 0) is 19.1 Å². The number of nitrogens with one attached hydrogen (secondary N) is 3. The second kappa shape index (κ2) is 11.2. The number of amides is 2. The smallest absolute Gasteiger partial charge is 0.253 e. The van der Waals surface area contributed by atoms with Crippen LogP contribution in [0.2, 0.25) is 0 Å². The fraction of sp³-hybridized carbons (Fsp3) is 0.600. The molecular weight excluding hydrogens is 422 g/mol. The SMILES string of the molecule is C[C@@H](COCCC(=O)N1CCN(c2ccc(C#N)cn2)CC1)NC1CNNC(=O)C1Cl. The van der Waals surface area contributed by atoms with Gasteiger partial charge in [-0.1, -0.05) is 0 Å². The first-order valence-corrected chi connectivity index (χ1v) is 10.8. The molecule has 2 amide bonds. The van der Waals surface area contributed by atoms with Gasteiger partial charge in [0.15, 0.2) is 0 Å². The van der Waals surface area contributed by atoms with Crippen LogP contribution in [0, 0.1) is 11.3 Å². The van der Waals surface area contributed by atoms with Crippen LogP contribution in [0.3, 0.4) is 0 Å². The van der Waals surface area contributed by atoms with E-state index >= 15 is 0 Å². The van der Waals surface area contributed by atoms with Gasteiger partial charge < -0.3 is 19.9 Å². The van der Waals surface area contributed by atoms with E-state index in [4.69, 9.17) is 21.6 Å². The Labute approximate surface area is 186 Å². The molecule has 10 nitrogen and oxygen atoms in total. The highest BCUT2D eigenvalue weighted by Crippen LogP contribution is 2.14. The molecule has 0 aromatic carbocycles. The van der Waals surface area contributed by atoms with E-state index < -0.39 is 5.38 Å². The highest BCUT2D eigenvalue weighted by molar-refractivity contribution is 6.31. The maximum absolute atomic E-state index is 12.5. The molecule has 168 valence electrons. The van der Waals surface area contributed by atoms with Crippen LogP contribution in [-0.2, 0) is 14.3 Å². The number of hydrogen-bond acceptors (Lipinski definition) is 8. The van der Waals surface area contributed by atoms with Gasteiger partial charge in [0, 0.05) is 51.0 Å². The van der Waals surface area contributed by atoms with Crippen LogP contribution in [0.1, 0.15) is 18.9 Å². The summed E-state index contributed by atoms with van der Waals surface area (Å²) in [5.74, 6) is 0.641. The van der Waals surface area contributed by atoms with Gasteiger partial charge in [-0.15, -0.1) is 11.6 Å². The predicted octanol–water partition coefficient (Wildman–Crippen LogP) is -0.403. The summed E-state index contributed by atoms with van der Waals surface area (Å²) in [4.78, 5) is 32.3. The molecular formula is C20H28ClN7O3. The van der Waals surface area contributed by atoms with E-state index in [1.54, 1.807) is 12.3 Å². The van der Waals surface area contributed by atoms with E-state index in [0.29, 0.717) is 57.9 Å². The van der Waals surface area contributed by atoms with Crippen LogP contribution < -0.4 is 21.1 Å². The number of hydrazine groups is 1. The van der Waals surface area contributed by atoms with Crippen molar-refractivity contribution in [3.63, 3.8) is 0 Å². The predicted molar refractivity (Wildman–Crippen MR) is 115 cm³/mol. The molecule has 2 unspecified atom stereocenters. The van der Waals surface area contributed by atoms with Gasteiger partial charge in [0.05, 0.1) is 25.2 Å². The monoisotopic (exact) mass is 449 g/mol. The van der Waals surface area contributed by atoms with Gasteiger partial charge in [-0.3, -0.25) is 15.0 Å². The van der Waals surface area contributed by atoms with Gasteiger partial charge in [0.2, 0.25) is 5.91 Å². The van der Waals surface area contributed by atoms with Crippen LogP contribution >= 0.6 is 11.6 Å². The van der Waals surface area contributed by atoms with Crippen molar-refractivity contribution in [3.05, 3.63) is 23.9 Å². The van der Waals surface area contributed by atoms with Crippen molar-refractivity contribution in [1.82, 2.24) is 26.1 Å². The number of alkyl halides is 1. The number of piperazine rings is 1. The minimum Gasteiger partial charge on any atom is -0.379 e. The molecule has 3 heterocycles. The molecule has 0 aliphatic carbocycles. The largest absolute Gasteiger partial charge is 0.379 e. The van der Waals surface area contributed by atoms with E-state index in [9.17, 15) is 9.59 Å². The number of carbonyl (C=O) groups excluding carboxylic acids is 2. The summed E-state index contributed by atoms with van der Waals surface area (Å²) >= 11 is 6.10. The molecule has 3 atom stereocenters. The molecule has 2 saturated heterocycles. The molecule has 0 radical (unpaired) electrons. The van der Waals surface area contributed by atoms with Crippen molar-refractivity contribution in [3.8, 4) is 6.07 Å². The molecule has 1 aromatic rings. The third-order valence-electron chi connectivity index (χ3n) is 5.30. The molecule has 11 heteroatoms. The van der Waals surface area contributed by atoms with Crippen molar-refractivity contribution in [2.45, 2.75) is 30.8 Å². The van der Waals surface area contributed by atoms with E-state index in [-0.39, 0.29) is 23.9 Å². The zero-order chi connectivity index (χ0) is 22.2. The Morgan fingerprint density at radius 1 is 1.42 bits per heavy atom. The second-order valence-corrected chi connectivity index (χ2v) is 8.13. The van der Waals surface area contributed by atoms with Crippen molar-refractivity contribution in [2.75, 3.05) is 50.8 Å². The first-order chi connectivity index (χ1) is 15.0. The van der Waals surface area contributed by atoms with Gasteiger partial charge in [-0.2, -0.15) is 5.26 Å². The number of aromatic nitrogens is 1. The van der Waals surface area contributed by atoms with Crippen molar-refractivity contribution in [2.24, 2.45) is 0 Å². The molecule has 1 aromatic heterocycles. The van der Waals surface area contributed by atoms with E-state index in [2.05, 4.69) is 32.1 Å². The Hall–Kier alpha value is -2.45. The average molecular weight is 450 g/mol. The quantitative estimate of drug-likeness (QED) is 0.362. The molecule has 0 spiro atoms. The zero-order valence-corrected chi connectivity index (χ0v) is 18.3. The Morgan fingerprint density at radius 2 is 2.19 bits per heavy atom. The number of rotatable bonds is 8. The molecule has 2 aliphatic rings. The number of ether oxygens (including phenoxy) is 1. The lowest BCUT2D eigenvalue weighted by atomic mass is 10.1. The van der Waals surface area contributed by atoms with Crippen LogP contribution in [-0.4, -0.2) is 85.1 Å². The van der Waals surface area contributed by atoms with Gasteiger partial charge >= 0.3 is 0 Å². The molecule has 3 N–H and O–H groups in total. The third kappa shape index (κ3) is 6.51. The lowest BCUT2D eigenvalue weighted by Crippen LogP contribution is -2.62. The number of anilines is 1. The number of hydrogen-bond donors (Lipinski definition) is 3. The highest BCUT2D eigenvalue weighted by atomic mass is 35.5. The topological polar surface area (TPSA) is 123 Å². The normalized spacial score (nSPS) is 22.5. The summed E-state index contributed by atoms with van der Waals surface area (Å²) in [7, 11) is 0. The molecule has 0 bridgehead atoms. The third-order valence-corrected chi connectivity index (χ3v) is 5.80. The molecule has 2 aliphatic heterocycles. The number of halogens is 1. The number of pyridine rings is 1. The fourth-order valence-electron chi connectivity index (χ4n) is 3.56. The minimum absolute atomic E-state index is 0.00230. The number of nitrogens with zero attached hydrogens (tertiary/aromatic N) is 4. The Balaban J connectivity index is 1.31. The molecule has 31 heavy (non-hydrogen) atoms. The number of nitriles is 1. The van der Waals surface area contributed by atoms with Gasteiger partial charge in [0.1, 0.15) is 17.3 Å². The maximum Gasteiger partial charge on any atom is 0.253 e. The highest BCUT2D eigenvalue weighted by Gasteiger charge is 2.30. The lowest BCUT2D eigenvalue weighted by molar-refractivity contribution is -0.132. The second-order valence-electron chi connectivity index (χ2n) is 7.66. The summed E-state index contributed by atoms with van der Waals surface area (Å²) < 4.78 is 5.65. The summed E-state index contributed by atoms with van der Waals surface area (Å²) in [5.41, 5.74) is 5.83. The van der Waals surface area contributed by atoms with E-state index in [1.165, 1.54) is 0 Å². The van der Waals surface area contributed by atoms with E-state index in [0.717, 1.165) is 5.82 Å². The van der Waals surface area contributed by atoms with Crippen LogP contribution in [0.15, 0.2) is 18.3 Å². The van der Waals surface area contributed by atoms with Crippen molar-refractivity contribution in [1.29, 1.82) is 5.26 Å². The average Bonchev–Trinajstić information content (AvgIpc) is 2.80. The van der Waals surface area contributed by atoms with Gasteiger partial charge in [0.25, 0.3) is 5.91 Å². The Kier molecular flexibility index (Phi) is 8.43. The standard InChI is InChI=1S/C20H28ClN7O3/c1-14(25-16-12-24-26-20(30)19(16)21)13-31-9-4-18(29)28-7-5-27(6-8-28)17-3-2-15(10-22)11-23-17/h2-3,11,14,16,19,24-25H,4-9,12-13H2,1H3,(H,26,30)/t14-,16?,19?/m0/s1. The van der Waals surface area contributed by atoms with E-state index in [1.807, 2.05) is 17.9 Å². The molecule has 0 saturated carbocycles. The summed E-state index contributed by atoms with van der Waals surface area (Å²) in [5, 5.41) is 11.5. The van der Waals surface area contributed by atoms with Gasteiger partial charge in [-0.25, -0.2) is 10.4 Å². The Morgan fingerprint density at radius 3 is 2.87 bits per heavy atom. The van der Waals surface area contributed by atoms with Crippen molar-refractivity contribution < 1.29 is 14.3 Å². The summed E-state index contributed by atoms with van der Waals surface area (Å²) in [6.07, 6.45) is 1.89. The minimum atomic E-state index is -0.636. The number of carbonyl (C=O) groups is 2. The molecule has 2 fully saturated rings. The summed E-state index contributed by atoms with van der Waals surface area (Å²) in [6.45, 7) is 5.92. The Bertz CT molecular complexity index is 793. The maximum atomic E-state index is 12.5. The van der Waals surface area contributed by atoms with Crippen LogP contribution in [0.5, 0.6) is 0 Å². The van der Waals surface area contributed by atoms with Crippen LogP contribution in [0.25, 0.3) is 0 Å². The van der Waals surface area contributed by atoms with Crippen LogP contribution in [0.4, 0.5) is 5.82 Å². The first kappa shape index (κ1) is 23.2.